The van der Waals surface area contributed by atoms with Crippen molar-refractivity contribution < 1.29 is 24.5 Å². The number of carbonyl (C=O) groups is 2. The molecule has 1 saturated heterocycles. The first-order valence-electron chi connectivity index (χ1n) is 12.5. The van der Waals surface area contributed by atoms with E-state index in [4.69, 9.17) is 4.74 Å². The summed E-state index contributed by atoms with van der Waals surface area (Å²) in [4.78, 5) is 30.8. The monoisotopic (exact) mass is 504 g/mol. The van der Waals surface area contributed by atoms with Gasteiger partial charge in [0.2, 0.25) is 5.91 Å². The number of aliphatic hydroxyl groups excluding tert-OH is 2. The lowest BCUT2D eigenvalue weighted by Gasteiger charge is -2.34. The minimum atomic E-state index is -1.21. The van der Waals surface area contributed by atoms with E-state index in [-0.39, 0.29) is 18.1 Å². The Hall–Kier alpha value is -1.87. The largest absolute Gasteiger partial charge is 0.392 e. The van der Waals surface area contributed by atoms with Gasteiger partial charge in [0.25, 0.3) is 0 Å². The zero-order chi connectivity index (χ0) is 26.1. The van der Waals surface area contributed by atoms with Gasteiger partial charge in [0.05, 0.1) is 44.9 Å². The Balaban J connectivity index is 1.94. The van der Waals surface area contributed by atoms with Crippen molar-refractivity contribution in [1.29, 1.82) is 0 Å². The number of nitrogens with one attached hydrogen (secondary N) is 1. The van der Waals surface area contributed by atoms with Gasteiger partial charge in [-0.2, -0.15) is 0 Å². The van der Waals surface area contributed by atoms with E-state index in [2.05, 4.69) is 10.3 Å². The average molecular weight is 505 g/mol. The third-order valence-electron chi connectivity index (χ3n) is 7.34. The minimum Gasteiger partial charge on any atom is -0.392 e. The van der Waals surface area contributed by atoms with Gasteiger partial charge in [-0.25, -0.2) is 4.98 Å². The standard InChI is InChI=1S/C27H40N2O5S/c1-15-9-8-12-26(4,5)34-25(18-10-11-20-19(13-18)28-17(3)35-20)29-22(31)14-21(30)27(6,7)24(33)16(2)23(15)32/h10-11,13,15-16,21,23,25,30,32H,8-9,12,14H2,1-7H3,(H,29,31). The molecule has 0 bridgehead atoms. The summed E-state index contributed by atoms with van der Waals surface area (Å²) in [5, 5.41) is 25.6. The van der Waals surface area contributed by atoms with Crippen molar-refractivity contribution in [3.8, 4) is 0 Å². The number of amides is 1. The van der Waals surface area contributed by atoms with Crippen molar-refractivity contribution in [2.45, 2.75) is 98.2 Å². The second kappa shape index (κ2) is 10.6. The van der Waals surface area contributed by atoms with Crippen LogP contribution in [0.25, 0.3) is 10.2 Å². The average Bonchev–Trinajstić information content (AvgIpc) is 3.15. The quantitative estimate of drug-likeness (QED) is 0.520. The zero-order valence-electron chi connectivity index (χ0n) is 21.9. The van der Waals surface area contributed by atoms with Crippen molar-refractivity contribution in [1.82, 2.24) is 10.3 Å². The lowest BCUT2D eigenvalue weighted by molar-refractivity contribution is -0.144. The first-order chi connectivity index (χ1) is 16.2. The van der Waals surface area contributed by atoms with Gasteiger partial charge in [-0.1, -0.05) is 40.2 Å². The molecule has 0 saturated carbocycles. The molecule has 5 atom stereocenters. The predicted molar refractivity (Wildman–Crippen MR) is 138 cm³/mol. The normalized spacial score (nSPS) is 30.9. The van der Waals surface area contributed by atoms with Crippen molar-refractivity contribution in [3.05, 3.63) is 28.8 Å². The number of aromatic nitrogens is 1. The topological polar surface area (TPSA) is 109 Å². The summed E-state index contributed by atoms with van der Waals surface area (Å²) in [7, 11) is 0. The molecular weight excluding hydrogens is 464 g/mol. The Kier molecular flexibility index (Phi) is 8.41. The highest BCUT2D eigenvalue weighted by molar-refractivity contribution is 7.18. The van der Waals surface area contributed by atoms with Crippen LogP contribution in [0.4, 0.5) is 0 Å². The minimum absolute atomic E-state index is 0.0892. The van der Waals surface area contributed by atoms with Crippen LogP contribution in [-0.4, -0.2) is 44.7 Å². The number of hydrogen-bond donors (Lipinski definition) is 3. The molecule has 1 fully saturated rings. The van der Waals surface area contributed by atoms with Crippen LogP contribution in [0.1, 0.15) is 84.0 Å². The van der Waals surface area contributed by atoms with E-state index in [9.17, 15) is 19.8 Å². The molecular formula is C27H40N2O5S. The molecule has 1 aromatic carbocycles. The summed E-state index contributed by atoms with van der Waals surface area (Å²) in [6.07, 6.45) is -0.776. The molecule has 3 rings (SSSR count). The lowest BCUT2D eigenvalue weighted by atomic mass is 9.73. The maximum atomic E-state index is 13.2. The van der Waals surface area contributed by atoms with Gasteiger partial charge < -0.3 is 20.3 Å². The smallest absolute Gasteiger partial charge is 0.224 e. The van der Waals surface area contributed by atoms with Crippen LogP contribution in [0.15, 0.2) is 18.2 Å². The van der Waals surface area contributed by atoms with E-state index in [1.165, 1.54) is 0 Å². The van der Waals surface area contributed by atoms with E-state index in [1.54, 1.807) is 32.1 Å². The Morgan fingerprint density at radius 1 is 1.14 bits per heavy atom. The summed E-state index contributed by atoms with van der Waals surface area (Å²) >= 11 is 1.61. The van der Waals surface area contributed by atoms with Crippen LogP contribution >= 0.6 is 11.3 Å². The van der Waals surface area contributed by atoms with Gasteiger partial charge in [0.1, 0.15) is 5.78 Å². The Labute approximate surface area is 212 Å². The van der Waals surface area contributed by atoms with Crippen molar-refractivity contribution >= 4 is 33.2 Å². The molecule has 1 aliphatic rings. The van der Waals surface area contributed by atoms with Crippen molar-refractivity contribution in [2.24, 2.45) is 17.3 Å². The molecule has 35 heavy (non-hydrogen) atoms. The number of hydrogen-bond acceptors (Lipinski definition) is 7. The summed E-state index contributed by atoms with van der Waals surface area (Å²) in [5.74, 6) is -1.39. The van der Waals surface area contributed by atoms with Crippen LogP contribution in [0.3, 0.4) is 0 Å². The van der Waals surface area contributed by atoms with Gasteiger partial charge >= 0.3 is 0 Å². The summed E-state index contributed by atoms with van der Waals surface area (Å²) < 4.78 is 7.51. The molecule has 1 aromatic heterocycles. The molecule has 3 N–H and O–H groups in total. The van der Waals surface area contributed by atoms with E-state index in [0.29, 0.717) is 6.42 Å². The molecule has 2 aromatic rings. The fourth-order valence-electron chi connectivity index (χ4n) is 4.84. The number of carbonyl (C=O) groups excluding carboxylic acids is 2. The number of ketones is 1. The van der Waals surface area contributed by atoms with Gasteiger partial charge in [-0.05, 0) is 51.7 Å². The number of benzene rings is 1. The lowest BCUT2D eigenvalue weighted by Crippen LogP contribution is -2.46. The number of nitrogens with zero attached hydrogens (tertiary/aromatic N) is 1. The van der Waals surface area contributed by atoms with E-state index >= 15 is 0 Å². The molecule has 0 radical (unpaired) electrons. The Morgan fingerprint density at radius 3 is 2.51 bits per heavy atom. The number of rotatable bonds is 1. The first kappa shape index (κ1) is 27.7. The molecule has 0 spiro atoms. The molecule has 194 valence electrons. The highest BCUT2D eigenvalue weighted by Gasteiger charge is 2.42. The van der Waals surface area contributed by atoms with E-state index in [0.717, 1.165) is 33.6 Å². The highest BCUT2D eigenvalue weighted by atomic mass is 32.1. The van der Waals surface area contributed by atoms with Crippen LogP contribution in [0, 0.1) is 24.2 Å². The zero-order valence-corrected chi connectivity index (χ0v) is 22.7. The number of thiazole rings is 1. The second-order valence-electron chi connectivity index (χ2n) is 11.2. The Morgan fingerprint density at radius 2 is 1.83 bits per heavy atom. The molecule has 2 heterocycles. The number of Topliss-reactive ketones (excluding diaryl/α,β-unsaturated/α-hetero) is 1. The molecule has 0 aliphatic carbocycles. The predicted octanol–water partition coefficient (Wildman–Crippen LogP) is 4.68. The first-order valence-corrected chi connectivity index (χ1v) is 13.3. The van der Waals surface area contributed by atoms with Gasteiger partial charge in [-0.3, -0.25) is 9.59 Å². The summed E-state index contributed by atoms with van der Waals surface area (Å²) in [6, 6.07) is 5.84. The van der Waals surface area contributed by atoms with Crippen LogP contribution < -0.4 is 5.32 Å². The molecule has 8 heteroatoms. The maximum absolute atomic E-state index is 13.2. The van der Waals surface area contributed by atoms with Gasteiger partial charge in [0, 0.05) is 11.5 Å². The third kappa shape index (κ3) is 6.47. The molecule has 1 amide bonds. The summed E-state index contributed by atoms with van der Waals surface area (Å²) in [6.45, 7) is 12.9. The van der Waals surface area contributed by atoms with Gasteiger partial charge in [-0.15, -0.1) is 11.3 Å². The van der Waals surface area contributed by atoms with Crippen molar-refractivity contribution in [2.75, 3.05) is 0 Å². The van der Waals surface area contributed by atoms with Gasteiger partial charge in [0.15, 0.2) is 6.23 Å². The molecule has 1 aliphatic heterocycles. The number of ether oxygens (including phenoxy) is 1. The molecule has 5 unspecified atom stereocenters. The van der Waals surface area contributed by atoms with E-state index < -0.39 is 41.3 Å². The maximum Gasteiger partial charge on any atom is 0.224 e. The Bertz CT molecular complexity index is 1060. The van der Waals surface area contributed by atoms with E-state index in [1.807, 2.05) is 45.9 Å². The SMILES string of the molecule is Cc1nc2cc(C3NC(=O)CC(O)C(C)(C)C(=O)C(C)C(O)C(C)CCCC(C)(C)O3)ccc2s1. The number of aryl methyl sites for hydroxylation is 1. The van der Waals surface area contributed by atoms with Crippen LogP contribution in [0.5, 0.6) is 0 Å². The highest BCUT2D eigenvalue weighted by Crippen LogP contribution is 2.34. The fraction of sp³-hybridized carbons (Fsp3) is 0.667. The summed E-state index contributed by atoms with van der Waals surface area (Å²) in [5.41, 5.74) is -0.129. The third-order valence-corrected chi connectivity index (χ3v) is 8.30. The second-order valence-corrected chi connectivity index (χ2v) is 12.5. The number of fused-ring (bicyclic) bond motifs is 1. The van der Waals surface area contributed by atoms with Crippen LogP contribution in [-0.2, 0) is 14.3 Å². The number of aliphatic hydroxyl groups is 2. The van der Waals surface area contributed by atoms with Crippen molar-refractivity contribution in [3.63, 3.8) is 0 Å². The van der Waals surface area contributed by atoms with Crippen LogP contribution in [0.2, 0.25) is 0 Å². The fourth-order valence-corrected chi connectivity index (χ4v) is 5.64. The molecule has 7 nitrogen and oxygen atoms in total.